The molecule has 3 heterocycles. The van der Waals surface area contributed by atoms with Gasteiger partial charge < -0.3 is 29.4 Å². The Balaban J connectivity index is 1.30. The molecule has 1 aliphatic heterocycles. The third-order valence-electron chi connectivity index (χ3n) is 5.98. The van der Waals surface area contributed by atoms with Gasteiger partial charge in [-0.2, -0.15) is 0 Å². The summed E-state index contributed by atoms with van der Waals surface area (Å²) in [5, 5.41) is 0.556. The molecular formula is C27H27ClN4O5. The highest BCUT2D eigenvalue weighted by Crippen LogP contribution is 2.32. The van der Waals surface area contributed by atoms with Gasteiger partial charge in [0.15, 0.2) is 22.7 Å². The normalized spacial score (nSPS) is 14.3. The molecule has 0 bridgehead atoms. The van der Waals surface area contributed by atoms with Crippen molar-refractivity contribution in [3.05, 3.63) is 63.8 Å². The monoisotopic (exact) mass is 522 g/mol. The number of anilines is 2. The number of halogens is 1. The number of nitrogens with two attached hydrogens (primary N) is 1. The minimum absolute atomic E-state index is 0.0635. The second kappa shape index (κ2) is 9.48. The van der Waals surface area contributed by atoms with E-state index < -0.39 is 5.60 Å². The predicted molar refractivity (Wildman–Crippen MR) is 144 cm³/mol. The molecular weight excluding hydrogens is 496 g/mol. The molecule has 2 aromatic heterocycles. The summed E-state index contributed by atoms with van der Waals surface area (Å²) < 4.78 is 17.3. The van der Waals surface area contributed by atoms with Crippen LogP contribution < -0.4 is 20.8 Å². The Morgan fingerprint density at radius 1 is 1.05 bits per heavy atom. The lowest BCUT2D eigenvalue weighted by atomic mass is 10.2. The van der Waals surface area contributed by atoms with Gasteiger partial charge in [0.2, 0.25) is 5.43 Å². The molecule has 4 aromatic rings. The van der Waals surface area contributed by atoms with Crippen LogP contribution in [0.25, 0.3) is 22.1 Å². The van der Waals surface area contributed by atoms with Gasteiger partial charge in [-0.1, -0.05) is 17.7 Å². The van der Waals surface area contributed by atoms with Crippen molar-refractivity contribution in [3.8, 4) is 11.5 Å². The average molecular weight is 523 g/mol. The molecule has 0 spiro atoms. The highest BCUT2D eigenvalue weighted by molar-refractivity contribution is 6.35. The van der Waals surface area contributed by atoms with E-state index in [-0.39, 0.29) is 39.6 Å². The van der Waals surface area contributed by atoms with Crippen LogP contribution in [-0.2, 0) is 4.74 Å². The van der Waals surface area contributed by atoms with Crippen LogP contribution in [0.4, 0.5) is 16.3 Å². The van der Waals surface area contributed by atoms with Gasteiger partial charge in [0.25, 0.3) is 0 Å². The van der Waals surface area contributed by atoms with Gasteiger partial charge >= 0.3 is 6.09 Å². The first-order chi connectivity index (χ1) is 17.6. The predicted octanol–water partition coefficient (Wildman–Crippen LogP) is 5.43. The summed E-state index contributed by atoms with van der Waals surface area (Å²) in [6, 6.07) is 14.1. The van der Waals surface area contributed by atoms with Crippen LogP contribution in [0.5, 0.6) is 11.5 Å². The van der Waals surface area contributed by atoms with Crippen molar-refractivity contribution in [2.24, 2.45) is 0 Å². The molecule has 1 fully saturated rings. The van der Waals surface area contributed by atoms with Crippen molar-refractivity contribution in [2.45, 2.75) is 26.4 Å². The minimum atomic E-state index is -0.513. The molecule has 0 atom stereocenters. The lowest BCUT2D eigenvalue weighted by Gasteiger charge is -2.36. The van der Waals surface area contributed by atoms with E-state index in [0.29, 0.717) is 42.5 Å². The Labute approximate surface area is 218 Å². The zero-order valence-corrected chi connectivity index (χ0v) is 21.5. The fraction of sp³-hybridized carbons (Fsp3) is 0.296. The number of nitrogen functional groups attached to an aromatic ring is 1. The van der Waals surface area contributed by atoms with Crippen LogP contribution in [0.2, 0.25) is 5.02 Å². The zero-order chi connectivity index (χ0) is 26.3. The van der Waals surface area contributed by atoms with Gasteiger partial charge in [-0.3, -0.25) is 4.79 Å². The third-order valence-corrected chi connectivity index (χ3v) is 6.29. The van der Waals surface area contributed by atoms with Crippen molar-refractivity contribution >= 4 is 51.3 Å². The highest BCUT2D eigenvalue weighted by Gasteiger charge is 2.26. The van der Waals surface area contributed by atoms with Crippen molar-refractivity contribution in [2.75, 3.05) is 36.8 Å². The lowest BCUT2D eigenvalue weighted by Crippen LogP contribution is -2.50. The number of nitrogens with zero attached hydrogens (tertiary/aromatic N) is 3. The number of fused-ring (bicyclic) bond motifs is 2. The summed E-state index contributed by atoms with van der Waals surface area (Å²) >= 11 is 6.18. The number of amides is 1. The van der Waals surface area contributed by atoms with Crippen LogP contribution in [-0.4, -0.2) is 47.8 Å². The molecule has 1 aliphatic rings. The van der Waals surface area contributed by atoms with E-state index in [1.165, 1.54) is 0 Å². The minimum Gasteiger partial charge on any atom is -0.454 e. The quantitative estimate of drug-likeness (QED) is 0.355. The van der Waals surface area contributed by atoms with E-state index in [1.807, 2.05) is 45.0 Å². The Morgan fingerprint density at radius 2 is 1.76 bits per heavy atom. The van der Waals surface area contributed by atoms with Gasteiger partial charge in [-0.15, -0.1) is 0 Å². The number of rotatable bonds is 3. The van der Waals surface area contributed by atoms with Crippen molar-refractivity contribution in [1.82, 2.24) is 9.88 Å². The number of benzene rings is 2. The largest absolute Gasteiger partial charge is 0.454 e. The van der Waals surface area contributed by atoms with Gasteiger partial charge in [0, 0.05) is 37.9 Å². The van der Waals surface area contributed by atoms with Crippen LogP contribution in [0.15, 0.2) is 57.7 Å². The lowest BCUT2D eigenvalue weighted by molar-refractivity contribution is 0.0240. The van der Waals surface area contributed by atoms with E-state index in [0.717, 1.165) is 5.69 Å². The Morgan fingerprint density at radius 3 is 2.43 bits per heavy atom. The van der Waals surface area contributed by atoms with Crippen molar-refractivity contribution < 1.29 is 18.7 Å². The molecule has 2 N–H and O–H groups in total. The van der Waals surface area contributed by atoms with E-state index >= 15 is 0 Å². The zero-order valence-electron chi connectivity index (χ0n) is 20.8. The molecule has 10 heteroatoms. The summed E-state index contributed by atoms with van der Waals surface area (Å²) in [7, 11) is 0. The third kappa shape index (κ3) is 5.13. The van der Waals surface area contributed by atoms with Crippen LogP contribution in [0.3, 0.4) is 0 Å². The number of piperazine rings is 1. The molecule has 1 saturated heterocycles. The number of carbonyl (C=O) groups excluding carboxylic acids is 1. The number of ether oxygens (including phenoxy) is 2. The Kier molecular flexibility index (Phi) is 6.33. The number of carbonyl (C=O) groups is 1. The fourth-order valence-corrected chi connectivity index (χ4v) is 4.44. The number of hydrogen-bond donors (Lipinski definition) is 1. The topological polar surface area (TPSA) is 111 Å². The van der Waals surface area contributed by atoms with E-state index in [2.05, 4.69) is 9.88 Å². The molecule has 1 amide bonds. The first-order valence-corrected chi connectivity index (χ1v) is 12.3. The second-order valence-corrected chi connectivity index (χ2v) is 10.2. The summed E-state index contributed by atoms with van der Waals surface area (Å²) in [5.41, 5.74) is 6.96. The molecule has 0 aliphatic carbocycles. The molecule has 37 heavy (non-hydrogen) atoms. The van der Waals surface area contributed by atoms with E-state index in [9.17, 15) is 9.59 Å². The van der Waals surface area contributed by atoms with E-state index in [4.69, 9.17) is 31.2 Å². The maximum absolute atomic E-state index is 12.9. The molecule has 192 valence electrons. The Bertz CT molecular complexity index is 1540. The number of aromatic nitrogens is 1. The summed E-state index contributed by atoms with van der Waals surface area (Å²) in [4.78, 5) is 33.4. The Hall–Kier alpha value is -3.98. The summed E-state index contributed by atoms with van der Waals surface area (Å²) in [6.07, 6.45) is -0.288. The first kappa shape index (κ1) is 24.7. The standard InChI is InChI=1S/C27H27ClN4O5/c1-27(2,3)37-26(34)32-13-11-31(12-14-32)16-7-9-17(10-8-16)35-21-15-20-23(30-25(21)29)24(33)22-18(28)5-4-6-19(22)36-20/h4-10,15H,11-14H2,1-3H3,(H2,29,30). The van der Waals surface area contributed by atoms with Gasteiger partial charge in [-0.05, 0) is 57.2 Å². The summed E-state index contributed by atoms with van der Waals surface area (Å²) in [5.74, 6) is 0.888. The second-order valence-electron chi connectivity index (χ2n) is 9.81. The molecule has 9 nitrogen and oxygen atoms in total. The van der Waals surface area contributed by atoms with Gasteiger partial charge in [0.05, 0.1) is 10.4 Å². The van der Waals surface area contributed by atoms with Crippen molar-refractivity contribution in [3.63, 3.8) is 0 Å². The smallest absolute Gasteiger partial charge is 0.410 e. The molecule has 0 unspecified atom stereocenters. The summed E-state index contributed by atoms with van der Waals surface area (Å²) in [6.45, 7) is 8.13. The van der Waals surface area contributed by atoms with Crippen molar-refractivity contribution in [1.29, 1.82) is 0 Å². The van der Waals surface area contributed by atoms with Gasteiger partial charge in [0.1, 0.15) is 16.9 Å². The maximum atomic E-state index is 12.9. The SMILES string of the molecule is CC(C)(C)OC(=O)N1CCN(c2ccc(Oc3cc4oc5cccc(Cl)c5c(=O)c4nc3N)cc2)CC1. The average Bonchev–Trinajstić information content (AvgIpc) is 2.85. The number of hydrogen-bond acceptors (Lipinski definition) is 8. The van der Waals surface area contributed by atoms with Crippen LogP contribution in [0.1, 0.15) is 20.8 Å². The first-order valence-electron chi connectivity index (χ1n) is 11.9. The van der Waals surface area contributed by atoms with E-state index in [1.54, 1.807) is 29.2 Å². The van der Waals surface area contributed by atoms with Gasteiger partial charge in [-0.25, -0.2) is 9.78 Å². The molecule has 0 saturated carbocycles. The fourth-order valence-electron chi connectivity index (χ4n) is 4.19. The maximum Gasteiger partial charge on any atom is 0.410 e. The van der Waals surface area contributed by atoms with Crippen LogP contribution >= 0.6 is 11.6 Å². The molecule has 2 aromatic carbocycles. The molecule has 0 radical (unpaired) electrons. The highest BCUT2D eigenvalue weighted by atomic mass is 35.5. The number of pyridine rings is 1. The molecule has 5 rings (SSSR count). The van der Waals surface area contributed by atoms with Crippen LogP contribution in [0, 0.1) is 0 Å².